The highest BCUT2D eigenvalue weighted by Gasteiger charge is 2.39. The zero-order valence-corrected chi connectivity index (χ0v) is 19.9. The number of rotatable bonds is 5. The zero-order valence-electron chi connectivity index (χ0n) is 17.5. The summed E-state index contributed by atoms with van der Waals surface area (Å²) in [5.41, 5.74) is -1.61. The number of sulfonamides is 1. The van der Waals surface area contributed by atoms with Crippen molar-refractivity contribution in [1.29, 1.82) is 0 Å². The molecule has 182 valence electrons. The van der Waals surface area contributed by atoms with Gasteiger partial charge >= 0.3 is 6.18 Å². The Labute approximate surface area is 201 Å². The van der Waals surface area contributed by atoms with E-state index in [-0.39, 0.29) is 40.7 Å². The summed E-state index contributed by atoms with van der Waals surface area (Å²) in [5, 5.41) is 3.00. The summed E-state index contributed by atoms with van der Waals surface area (Å²) in [7, 11) is -3.31. The molecule has 0 saturated carbocycles. The number of alkyl halides is 3. The second-order valence-corrected chi connectivity index (χ2v) is 10.9. The van der Waals surface area contributed by atoms with Gasteiger partial charge in [-0.1, -0.05) is 11.6 Å². The van der Waals surface area contributed by atoms with Crippen molar-refractivity contribution in [3.8, 4) is 21.1 Å². The van der Waals surface area contributed by atoms with Gasteiger partial charge in [0.25, 0.3) is 0 Å². The van der Waals surface area contributed by atoms with E-state index in [9.17, 15) is 26.0 Å². The van der Waals surface area contributed by atoms with E-state index in [4.69, 9.17) is 11.6 Å². The first-order valence-corrected chi connectivity index (χ1v) is 12.9. The molecule has 1 fully saturated rings. The number of thiazole rings is 1. The number of hydrogen-bond acceptors (Lipinski definition) is 8. The first-order chi connectivity index (χ1) is 15.9. The molecule has 0 unspecified atom stereocenters. The molecule has 1 aliphatic heterocycles. The SMILES string of the molecule is CS(=O)(=O)N1CCC(Nc2ncc(F)c(-c3sc(-c4ccncc4Cl)nc3C(F)(F)F)n2)CC1. The highest BCUT2D eigenvalue weighted by molar-refractivity contribution is 7.88. The highest BCUT2D eigenvalue weighted by atomic mass is 35.5. The summed E-state index contributed by atoms with van der Waals surface area (Å²) >= 11 is 6.66. The number of hydrogen-bond donors (Lipinski definition) is 1. The molecule has 8 nitrogen and oxygen atoms in total. The Balaban J connectivity index is 1.66. The fraction of sp³-hybridized carbons (Fsp3) is 0.368. The van der Waals surface area contributed by atoms with E-state index in [1.807, 2.05) is 0 Å². The van der Waals surface area contributed by atoms with Crippen LogP contribution < -0.4 is 5.32 Å². The van der Waals surface area contributed by atoms with E-state index in [0.29, 0.717) is 24.2 Å². The van der Waals surface area contributed by atoms with Crippen molar-refractivity contribution in [2.75, 3.05) is 24.7 Å². The molecular weight excluding hydrogens is 520 g/mol. The van der Waals surface area contributed by atoms with Gasteiger partial charge in [0.15, 0.2) is 11.5 Å². The molecular formula is C19H17ClF4N6O2S2. The van der Waals surface area contributed by atoms with E-state index in [1.165, 1.54) is 22.8 Å². The predicted octanol–water partition coefficient (Wildman–Crippen LogP) is 4.31. The number of nitrogens with zero attached hydrogens (tertiary/aromatic N) is 5. The molecule has 0 bridgehead atoms. The summed E-state index contributed by atoms with van der Waals surface area (Å²) in [6.07, 6.45) is 0.537. The lowest BCUT2D eigenvalue weighted by Gasteiger charge is -2.30. The smallest absolute Gasteiger partial charge is 0.351 e. The van der Waals surface area contributed by atoms with Crippen molar-refractivity contribution < 1.29 is 26.0 Å². The van der Waals surface area contributed by atoms with E-state index in [2.05, 4.69) is 25.3 Å². The largest absolute Gasteiger partial charge is 0.434 e. The van der Waals surface area contributed by atoms with Gasteiger partial charge in [-0.05, 0) is 18.9 Å². The molecule has 34 heavy (non-hydrogen) atoms. The molecule has 0 radical (unpaired) electrons. The molecule has 0 atom stereocenters. The Bertz CT molecular complexity index is 1310. The summed E-state index contributed by atoms with van der Waals surface area (Å²) in [6, 6.07) is 1.18. The van der Waals surface area contributed by atoms with Crippen LogP contribution >= 0.6 is 22.9 Å². The van der Waals surface area contributed by atoms with E-state index >= 15 is 0 Å². The van der Waals surface area contributed by atoms with Gasteiger partial charge in [0.05, 0.1) is 22.4 Å². The molecule has 0 amide bonds. The summed E-state index contributed by atoms with van der Waals surface area (Å²) in [4.78, 5) is 14.8. The normalized spacial score (nSPS) is 16.1. The van der Waals surface area contributed by atoms with Crippen LogP contribution in [-0.4, -0.2) is 58.0 Å². The third kappa shape index (κ3) is 5.29. The molecule has 3 aromatic heterocycles. The van der Waals surface area contributed by atoms with Gasteiger partial charge in [0.2, 0.25) is 16.0 Å². The van der Waals surface area contributed by atoms with Gasteiger partial charge in [-0.2, -0.15) is 13.2 Å². The van der Waals surface area contributed by atoms with Gasteiger partial charge < -0.3 is 5.32 Å². The predicted molar refractivity (Wildman–Crippen MR) is 119 cm³/mol. The number of pyridine rings is 1. The molecule has 15 heteroatoms. The fourth-order valence-electron chi connectivity index (χ4n) is 3.45. The summed E-state index contributed by atoms with van der Waals surface area (Å²) in [6.45, 7) is 0.543. The fourth-order valence-corrected chi connectivity index (χ4v) is 5.70. The Morgan fingerprint density at radius 2 is 1.91 bits per heavy atom. The van der Waals surface area contributed by atoms with Crippen LogP contribution in [0.3, 0.4) is 0 Å². The van der Waals surface area contributed by atoms with Gasteiger partial charge in [0, 0.05) is 37.1 Å². The van der Waals surface area contributed by atoms with Crippen molar-refractivity contribution in [1.82, 2.24) is 24.2 Å². The van der Waals surface area contributed by atoms with Crippen molar-refractivity contribution in [2.45, 2.75) is 25.1 Å². The maximum Gasteiger partial charge on any atom is 0.434 e. The Morgan fingerprint density at radius 3 is 2.53 bits per heavy atom. The molecule has 0 aromatic carbocycles. The standard InChI is InChI=1S/C19H17ClF4N6O2S2/c1-34(31,32)30-6-3-10(4-7-30)27-18-26-9-13(21)14(28-18)15-16(19(22,23)24)29-17(33-15)11-2-5-25-8-12(11)20/h2,5,8-10H,3-4,6-7H2,1H3,(H,26,27,28). The minimum Gasteiger partial charge on any atom is -0.351 e. The van der Waals surface area contributed by atoms with Crippen molar-refractivity contribution >= 4 is 38.9 Å². The average molecular weight is 537 g/mol. The third-order valence-electron chi connectivity index (χ3n) is 5.11. The van der Waals surface area contributed by atoms with Crippen LogP contribution in [0.5, 0.6) is 0 Å². The number of anilines is 1. The molecule has 0 spiro atoms. The van der Waals surface area contributed by atoms with Gasteiger partial charge in [-0.3, -0.25) is 4.98 Å². The average Bonchev–Trinajstić information content (AvgIpc) is 3.21. The molecule has 4 heterocycles. The van der Waals surface area contributed by atoms with Crippen molar-refractivity contribution in [2.24, 2.45) is 0 Å². The summed E-state index contributed by atoms with van der Waals surface area (Å²) in [5.74, 6) is -1.11. The third-order valence-corrected chi connectivity index (χ3v) is 7.81. The number of halogens is 5. The van der Waals surface area contributed by atoms with Crippen LogP contribution in [0.1, 0.15) is 18.5 Å². The van der Waals surface area contributed by atoms with Crippen LogP contribution in [-0.2, 0) is 16.2 Å². The maximum atomic E-state index is 14.6. The number of piperidine rings is 1. The number of nitrogens with one attached hydrogen (secondary N) is 1. The minimum absolute atomic E-state index is 0.0598. The molecule has 4 rings (SSSR count). The zero-order chi connectivity index (χ0) is 24.7. The molecule has 0 aliphatic carbocycles. The molecule has 1 aliphatic rings. The van der Waals surface area contributed by atoms with Crippen molar-refractivity contribution in [3.63, 3.8) is 0 Å². The van der Waals surface area contributed by atoms with E-state index in [0.717, 1.165) is 12.5 Å². The summed E-state index contributed by atoms with van der Waals surface area (Å²) < 4.78 is 80.6. The van der Waals surface area contributed by atoms with Gasteiger partial charge in [0.1, 0.15) is 10.7 Å². The van der Waals surface area contributed by atoms with Crippen LogP contribution in [0, 0.1) is 5.82 Å². The first kappa shape index (κ1) is 24.7. The molecule has 3 aromatic rings. The van der Waals surface area contributed by atoms with Gasteiger partial charge in [-0.25, -0.2) is 32.1 Å². The first-order valence-electron chi connectivity index (χ1n) is 9.86. The van der Waals surface area contributed by atoms with Crippen molar-refractivity contribution in [3.05, 3.63) is 41.2 Å². The van der Waals surface area contributed by atoms with Gasteiger partial charge in [-0.15, -0.1) is 11.3 Å². The lowest BCUT2D eigenvalue weighted by molar-refractivity contribution is -0.140. The lowest BCUT2D eigenvalue weighted by atomic mass is 10.1. The highest BCUT2D eigenvalue weighted by Crippen LogP contribution is 2.44. The topological polar surface area (TPSA) is 101 Å². The molecule has 1 N–H and O–H groups in total. The monoisotopic (exact) mass is 536 g/mol. The van der Waals surface area contributed by atoms with E-state index < -0.39 is 38.3 Å². The van der Waals surface area contributed by atoms with Crippen LogP contribution in [0.4, 0.5) is 23.5 Å². The maximum absolute atomic E-state index is 14.6. The van der Waals surface area contributed by atoms with Crippen LogP contribution in [0.2, 0.25) is 5.02 Å². The Morgan fingerprint density at radius 1 is 1.21 bits per heavy atom. The van der Waals surface area contributed by atoms with Crippen LogP contribution in [0.25, 0.3) is 21.1 Å². The van der Waals surface area contributed by atoms with Crippen LogP contribution in [0.15, 0.2) is 24.7 Å². The minimum atomic E-state index is -4.87. The van der Waals surface area contributed by atoms with E-state index in [1.54, 1.807) is 0 Å². The lowest BCUT2D eigenvalue weighted by Crippen LogP contribution is -2.42. The second-order valence-electron chi connectivity index (χ2n) is 7.52. The quantitative estimate of drug-likeness (QED) is 0.485. The Hall–Kier alpha value is -2.42. The second kappa shape index (κ2) is 9.32. The molecule has 1 saturated heterocycles. The number of aromatic nitrogens is 4. The Kier molecular flexibility index (Phi) is 6.77.